The summed E-state index contributed by atoms with van der Waals surface area (Å²) in [6.07, 6.45) is 1.32. The summed E-state index contributed by atoms with van der Waals surface area (Å²) in [7, 11) is 0. The minimum absolute atomic E-state index is 0.409. The lowest BCUT2D eigenvalue weighted by Gasteiger charge is -2.24. The fraction of sp³-hybridized carbons (Fsp3) is 0.538. The van der Waals surface area contributed by atoms with Crippen LogP contribution in [0, 0.1) is 0 Å². The van der Waals surface area contributed by atoms with Crippen molar-refractivity contribution in [1.29, 1.82) is 0 Å². The highest BCUT2D eigenvalue weighted by atomic mass is 35.5. The maximum Gasteiger partial charge on any atom is 0.0929 e. The van der Waals surface area contributed by atoms with Crippen molar-refractivity contribution in [1.82, 2.24) is 5.32 Å². The minimum Gasteiger partial charge on any atom is -0.387 e. The van der Waals surface area contributed by atoms with Crippen LogP contribution in [0.5, 0.6) is 0 Å². The van der Waals surface area contributed by atoms with E-state index in [1.165, 1.54) is 0 Å². The van der Waals surface area contributed by atoms with Gasteiger partial charge in [-0.2, -0.15) is 0 Å². The molecule has 1 heterocycles. The first kappa shape index (κ1) is 14.1. The molecule has 5 heteroatoms. The van der Waals surface area contributed by atoms with E-state index in [2.05, 4.69) is 5.32 Å². The van der Waals surface area contributed by atoms with Gasteiger partial charge < -0.3 is 15.2 Å². The number of hydrogen-bond acceptors (Lipinski definition) is 3. The van der Waals surface area contributed by atoms with Gasteiger partial charge in [0, 0.05) is 41.4 Å². The summed E-state index contributed by atoms with van der Waals surface area (Å²) in [5.41, 5.74) is 0.670. The largest absolute Gasteiger partial charge is 0.387 e. The van der Waals surface area contributed by atoms with Gasteiger partial charge in [-0.3, -0.25) is 0 Å². The van der Waals surface area contributed by atoms with Crippen LogP contribution in [0.1, 0.15) is 24.5 Å². The van der Waals surface area contributed by atoms with E-state index in [-0.39, 0.29) is 0 Å². The fourth-order valence-electron chi connectivity index (χ4n) is 2.06. The summed E-state index contributed by atoms with van der Waals surface area (Å²) in [4.78, 5) is 0. The van der Waals surface area contributed by atoms with E-state index < -0.39 is 6.10 Å². The molecule has 2 rings (SSSR count). The molecule has 1 aromatic rings. The molecule has 3 nitrogen and oxygen atoms in total. The van der Waals surface area contributed by atoms with E-state index in [0.717, 1.165) is 26.1 Å². The average Bonchev–Trinajstić information content (AvgIpc) is 2.40. The van der Waals surface area contributed by atoms with Crippen molar-refractivity contribution in [2.24, 2.45) is 0 Å². The summed E-state index contributed by atoms with van der Waals surface area (Å²) in [5.74, 6) is 0. The second-order valence-electron chi connectivity index (χ2n) is 4.48. The van der Waals surface area contributed by atoms with E-state index in [0.29, 0.717) is 28.2 Å². The van der Waals surface area contributed by atoms with Crippen molar-refractivity contribution >= 4 is 23.2 Å². The molecule has 1 unspecified atom stereocenters. The van der Waals surface area contributed by atoms with E-state index in [9.17, 15) is 5.11 Å². The maximum atomic E-state index is 10.1. The first-order valence-electron chi connectivity index (χ1n) is 6.11. The van der Waals surface area contributed by atoms with E-state index in [1.807, 2.05) is 0 Å². The molecule has 0 amide bonds. The molecule has 1 aliphatic heterocycles. The summed E-state index contributed by atoms with van der Waals surface area (Å²) < 4.78 is 5.28. The second kappa shape index (κ2) is 6.73. The first-order valence-corrected chi connectivity index (χ1v) is 6.86. The van der Waals surface area contributed by atoms with Gasteiger partial charge in [0.05, 0.1) is 6.10 Å². The van der Waals surface area contributed by atoms with E-state index >= 15 is 0 Å². The van der Waals surface area contributed by atoms with Gasteiger partial charge in [0.15, 0.2) is 0 Å². The van der Waals surface area contributed by atoms with Gasteiger partial charge in [-0.25, -0.2) is 0 Å². The van der Waals surface area contributed by atoms with Crippen LogP contribution in [-0.4, -0.2) is 30.9 Å². The predicted molar refractivity (Wildman–Crippen MR) is 73.3 cm³/mol. The molecular weight excluding hydrogens is 273 g/mol. The summed E-state index contributed by atoms with van der Waals surface area (Å²) in [6.45, 7) is 2.04. The Morgan fingerprint density at radius 3 is 2.78 bits per heavy atom. The maximum absolute atomic E-state index is 10.1. The third-order valence-electron chi connectivity index (χ3n) is 3.14. The van der Waals surface area contributed by atoms with Crippen molar-refractivity contribution < 1.29 is 9.84 Å². The monoisotopic (exact) mass is 289 g/mol. The van der Waals surface area contributed by atoms with Gasteiger partial charge in [0.2, 0.25) is 0 Å². The lowest BCUT2D eigenvalue weighted by Crippen LogP contribution is -2.37. The summed E-state index contributed by atoms with van der Waals surface area (Å²) in [6, 6.07) is 5.54. The number of aliphatic hydroxyl groups excluding tert-OH is 1. The SMILES string of the molecule is OC(CNC1CCOCC1)c1cc(Cl)ccc1Cl. The Balaban J connectivity index is 1.90. The average molecular weight is 290 g/mol. The zero-order valence-electron chi connectivity index (χ0n) is 10.0. The fourth-order valence-corrected chi connectivity index (χ4v) is 2.48. The molecule has 1 aromatic carbocycles. The highest BCUT2D eigenvalue weighted by molar-refractivity contribution is 6.33. The number of benzene rings is 1. The molecule has 2 N–H and O–H groups in total. The van der Waals surface area contributed by atoms with E-state index in [4.69, 9.17) is 27.9 Å². The van der Waals surface area contributed by atoms with Crippen LogP contribution in [0.25, 0.3) is 0 Å². The van der Waals surface area contributed by atoms with Crippen LogP contribution in [0.15, 0.2) is 18.2 Å². The topological polar surface area (TPSA) is 41.5 Å². The van der Waals surface area contributed by atoms with Crippen molar-refractivity contribution in [3.05, 3.63) is 33.8 Å². The third-order valence-corrected chi connectivity index (χ3v) is 3.72. The number of rotatable bonds is 4. The Morgan fingerprint density at radius 2 is 2.06 bits per heavy atom. The molecule has 18 heavy (non-hydrogen) atoms. The molecule has 1 aliphatic rings. The van der Waals surface area contributed by atoms with Crippen molar-refractivity contribution in [2.45, 2.75) is 25.0 Å². The Kier molecular flexibility index (Phi) is 5.27. The minimum atomic E-state index is -0.640. The standard InChI is InChI=1S/C13H17Cl2NO2/c14-9-1-2-12(15)11(7-9)13(17)8-16-10-3-5-18-6-4-10/h1-2,7,10,13,16-17H,3-6,8H2. The number of nitrogens with one attached hydrogen (secondary N) is 1. The normalized spacial score (nSPS) is 18.8. The number of aliphatic hydroxyl groups is 1. The molecule has 0 spiro atoms. The van der Waals surface area contributed by atoms with E-state index in [1.54, 1.807) is 18.2 Å². The van der Waals surface area contributed by atoms with Gasteiger partial charge in [-0.05, 0) is 31.0 Å². The van der Waals surface area contributed by atoms with Gasteiger partial charge in [-0.1, -0.05) is 23.2 Å². The molecule has 0 saturated carbocycles. The molecule has 0 aromatic heterocycles. The van der Waals surface area contributed by atoms with Crippen molar-refractivity contribution in [3.63, 3.8) is 0 Å². The van der Waals surface area contributed by atoms with Crippen LogP contribution in [0.2, 0.25) is 10.0 Å². The van der Waals surface area contributed by atoms with Gasteiger partial charge in [-0.15, -0.1) is 0 Å². The van der Waals surface area contributed by atoms with Crippen LogP contribution in [0.3, 0.4) is 0 Å². The molecular formula is C13H17Cl2NO2. The zero-order chi connectivity index (χ0) is 13.0. The predicted octanol–water partition coefficient (Wildman–Crippen LogP) is 2.80. The van der Waals surface area contributed by atoms with Crippen LogP contribution in [-0.2, 0) is 4.74 Å². The quantitative estimate of drug-likeness (QED) is 0.896. The zero-order valence-corrected chi connectivity index (χ0v) is 11.5. The number of hydrogen-bond donors (Lipinski definition) is 2. The highest BCUT2D eigenvalue weighted by Crippen LogP contribution is 2.26. The first-order chi connectivity index (χ1) is 8.66. The van der Waals surface area contributed by atoms with Crippen LogP contribution >= 0.6 is 23.2 Å². The lowest BCUT2D eigenvalue weighted by molar-refractivity contribution is 0.0724. The van der Waals surface area contributed by atoms with Crippen LogP contribution in [0.4, 0.5) is 0 Å². The number of ether oxygens (including phenoxy) is 1. The highest BCUT2D eigenvalue weighted by Gasteiger charge is 2.17. The molecule has 1 fully saturated rings. The smallest absolute Gasteiger partial charge is 0.0929 e. The van der Waals surface area contributed by atoms with Gasteiger partial charge in [0.1, 0.15) is 0 Å². The van der Waals surface area contributed by atoms with Crippen molar-refractivity contribution in [3.8, 4) is 0 Å². The summed E-state index contributed by atoms with van der Waals surface area (Å²) >= 11 is 11.9. The molecule has 0 aliphatic carbocycles. The molecule has 0 bridgehead atoms. The van der Waals surface area contributed by atoms with Gasteiger partial charge >= 0.3 is 0 Å². The Bertz CT molecular complexity index is 395. The van der Waals surface area contributed by atoms with Crippen molar-refractivity contribution in [2.75, 3.05) is 19.8 Å². The number of halogens is 2. The second-order valence-corrected chi connectivity index (χ2v) is 5.32. The molecule has 1 atom stereocenters. The summed E-state index contributed by atoms with van der Waals surface area (Å²) in [5, 5.41) is 14.6. The van der Waals surface area contributed by atoms with Gasteiger partial charge in [0.25, 0.3) is 0 Å². The molecule has 0 radical (unpaired) electrons. The molecule has 1 saturated heterocycles. The molecule has 100 valence electrons. The van der Waals surface area contributed by atoms with Crippen LogP contribution < -0.4 is 5.32 Å². The Labute approximate surface area is 117 Å². The Morgan fingerprint density at radius 1 is 1.33 bits per heavy atom. The Hall–Kier alpha value is -0.320. The third kappa shape index (κ3) is 3.84. The lowest BCUT2D eigenvalue weighted by atomic mass is 10.1.